The molecule has 1 aliphatic rings. The van der Waals surface area contributed by atoms with Gasteiger partial charge >= 0.3 is 0 Å². The third-order valence-corrected chi connectivity index (χ3v) is 4.53. The van der Waals surface area contributed by atoms with Gasteiger partial charge in [-0.05, 0) is 43.6 Å². The molecule has 1 aliphatic heterocycles. The van der Waals surface area contributed by atoms with Crippen molar-refractivity contribution >= 4 is 5.78 Å². The lowest BCUT2D eigenvalue weighted by atomic mass is 9.88. The number of likely N-dealkylation sites (tertiary alicyclic amines) is 1. The van der Waals surface area contributed by atoms with E-state index in [4.69, 9.17) is 0 Å². The molecule has 3 rings (SSSR count). The molecule has 2 aromatic rings. The van der Waals surface area contributed by atoms with E-state index in [9.17, 15) is 23.1 Å². The number of benzene rings is 2. The van der Waals surface area contributed by atoms with Crippen LogP contribution in [0.15, 0.2) is 36.4 Å². The Hall–Kier alpha value is -2.34. The first-order chi connectivity index (χ1) is 11.9. The van der Waals surface area contributed by atoms with Gasteiger partial charge in [-0.25, -0.2) is 13.2 Å². The van der Waals surface area contributed by atoms with Gasteiger partial charge < -0.3 is 5.11 Å². The Balaban J connectivity index is 1.63. The summed E-state index contributed by atoms with van der Waals surface area (Å²) < 4.78 is 40.6. The minimum Gasteiger partial charge on any atom is -0.508 e. The number of phenols is 1. The highest BCUT2D eigenvalue weighted by molar-refractivity contribution is 5.98. The van der Waals surface area contributed by atoms with Crippen molar-refractivity contribution in [3.63, 3.8) is 0 Å². The molecule has 0 amide bonds. The molecule has 0 bridgehead atoms. The van der Waals surface area contributed by atoms with Crippen LogP contribution >= 0.6 is 0 Å². The minimum absolute atomic E-state index is 0.199. The highest BCUT2D eigenvalue weighted by Crippen LogP contribution is 2.26. The second kappa shape index (κ2) is 7.27. The molecule has 0 radical (unpaired) electrons. The van der Waals surface area contributed by atoms with Crippen LogP contribution in [0.25, 0.3) is 0 Å². The lowest BCUT2D eigenvalue weighted by Crippen LogP contribution is -2.36. The average Bonchev–Trinajstić information content (AvgIpc) is 2.54. The second-order valence-corrected chi connectivity index (χ2v) is 6.33. The highest BCUT2D eigenvalue weighted by atomic mass is 19.1. The Labute approximate surface area is 143 Å². The van der Waals surface area contributed by atoms with Gasteiger partial charge in [-0.3, -0.25) is 9.69 Å². The van der Waals surface area contributed by atoms with Gasteiger partial charge in [-0.1, -0.05) is 12.1 Å². The summed E-state index contributed by atoms with van der Waals surface area (Å²) in [4.78, 5) is 14.5. The summed E-state index contributed by atoms with van der Waals surface area (Å²) in [5.41, 5.74) is 0.313. The number of hydrogen-bond donors (Lipinski definition) is 1. The fourth-order valence-corrected chi connectivity index (χ4v) is 3.25. The molecule has 0 aliphatic carbocycles. The summed E-state index contributed by atoms with van der Waals surface area (Å²) in [6, 6.07) is 8.02. The van der Waals surface area contributed by atoms with Crippen LogP contribution in [0.3, 0.4) is 0 Å². The average molecular weight is 349 g/mol. The maximum absolute atomic E-state index is 13.8. The molecule has 0 spiro atoms. The fraction of sp³-hybridized carbons (Fsp3) is 0.316. The van der Waals surface area contributed by atoms with Gasteiger partial charge in [0.05, 0.1) is 5.56 Å². The van der Waals surface area contributed by atoms with Crippen LogP contribution in [0.5, 0.6) is 5.75 Å². The highest BCUT2D eigenvalue weighted by Gasteiger charge is 2.29. The Morgan fingerprint density at radius 2 is 1.72 bits per heavy atom. The van der Waals surface area contributed by atoms with Crippen molar-refractivity contribution in [2.24, 2.45) is 5.92 Å². The van der Waals surface area contributed by atoms with Gasteiger partial charge in [-0.2, -0.15) is 0 Å². The van der Waals surface area contributed by atoms with Crippen LogP contribution < -0.4 is 0 Å². The minimum atomic E-state index is -1.15. The molecule has 1 heterocycles. The predicted molar refractivity (Wildman–Crippen MR) is 86.8 cm³/mol. The van der Waals surface area contributed by atoms with Gasteiger partial charge in [-0.15, -0.1) is 0 Å². The van der Waals surface area contributed by atoms with Crippen molar-refractivity contribution in [1.29, 1.82) is 0 Å². The Morgan fingerprint density at radius 1 is 1.08 bits per heavy atom. The maximum Gasteiger partial charge on any atom is 0.171 e. The summed E-state index contributed by atoms with van der Waals surface area (Å²) in [5.74, 6) is -4.21. The zero-order valence-corrected chi connectivity index (χ0v) is 13.5. The standard InChI is InChI=1S/C19H18F3NO2/c20-14-9-16(21)18(17(22)10-14)19(25)13-4-6-23(7-5-13)11-12-2-1-3-15(24)8-12/h1-3,8-10,13,24H,4-7,11H2. The summed E-state index contributed by atoms with van der Waals surface area (Å²) in [5, 5.41) is 9.49. The number of aromatic hydroxyl groups is 1. The van der Waals surface area contributed by atoms with E-state index in [0.717, 1.165) is 5.56 Å². The zero-order valence-electron chi connectivity index (χ0n) is 13.5. The smallest absolute Gasteiger partial charge is 0.171 e. The van der Waals surface area contributed by atoms with Gasteiger partial charge in [0.15, 0.2) is 5.78 Å². The van der Waals surface area contributed by atoms with E-state index in [2.05, 4.69) is 4.90 Å². The predicted octanol–water partition coefficient (Wildman–Crippen LogP) is 3.90. The van der Waals surface area contributed by atoms with Crippen molar-refractivity contribution in [3.8, 4) is 5.75 Å². The van der Waals surface area contributed by atoms with Crippen molar-refractivity contribution < 1.29 is 23.1 Å². The van der Waals surface area contributed by atoms with Crippen LogP contribution in [0.4, 0.5) is 13.2 Å². The fourth-order valence-electron chi connectivity index (χ4n) is 3.25. The first kappa shape index (κ1) is 17.5. The molecule has 25 heavy (non-hydrogen) atoms. The number of hydrogen-bond acceptors (Lipinski definition) is 3. The number of piperidine rings is 1. The number of ketones is 1. The normalized spacial score (nSPS) is 16.1. The molecule has 6 heteroatoms. The molecule has 1 N–H and O–H groups in total. The summed E-state index contributed by atoms with van der Waals surface area (Å²) in [7, 11) is 0. The van der Waals surface area contributed by atoms with Crippen molar-refractivity contribution in [3.05, 3.63) is 65.0 Å². The molecule has 1 saturated heterocycles. The zero-order chi connectivity index (χ0) is 18.0. The quantitative estimate of drug-likeness (QED) is 0.851. The molecule has 2 aromatic carbocycles. The molecule has 132 valence electrons. The van der Waals surface area contributed by atoms with E-state index in [1.807, 2.05) is 6.07 Å². The first-order valence-electron chi connectivity index (χ1n) is 8.13. The number of nitrogens with zero attached hydrogens (tertiary/aromatic N) is 1. The van der Waals surface area contributed by atoms with Gasteiger partial charge in [0.25, 0.3) is 0 Å². The Morgan fingerprint density at radius 3 is 2.32 bits per heavy atom. The molecular formula is C19H18F3NO2. The maximum atomic E-state index is 13.8. The number of halogens is 3. The third-order valence-electron chi connectivity index (χ3n) is 4.53. The summed E-state index contributed by atoms with van der Waals surface area (Å²) in [6.45, 7) is 1.85. The largest absolute Gasteiger partial charge is 0.508 e. The lowest BCUT2D eigenvalue weighted by Gasteiger charge is -2.31. The van der Waals surface area contributed by atoms with E-state index >= 15 is 0 Å². The second-order valence-electron chi connectivity index (χ2n) is 6.33. The molecule has 0 unspecified atom stereocenters. The molecular weight excluding hydrogens is 331 g/mol. The van der Waals surface area contributed by atoms with Gasteiger partial charge in [0, 0.05) is 24.6 Å². The molecule has 3 nitrogen and oxygen atoms in total. The van der Waals surface area contributed by atoms with Crippen LogP contribution in [-0.2, 0) is 6.54 Å². The van der Waals surface area contributed by atoms with E-state index in [0.29, 0.717) is 44.6 Å². The third kappa shape index (κ3) is 4.02. The summed E-state index contributed by atoms with van der Waals surface area (Å²) in [6.07, 6.45) is 0.960. The Bertz CT molecular complexity index is 763. The van der Waals surface area contributed by atoms with Crippen LogP contribution in [0, 0.1) is 23.4 Å². The van der Waals surface area contributed by atoms with Gasteiger partial charge in [0.2, 0.25) is 0 Å². The molecule has 0 saturated carbocycles. The van der Waals surface area contributed by atoms with E-state index < -0.39 is 34.7 Å². The number of phenolic OH excluding ortho intramolecular Hbond substituents is 1. The van der Waals surface area contributed by atoms with Crippen LogP contribution in [0.2, 0.25) is 0 Å². The topological polar surface area (TPSA) is 40.5 Å². The van der Waals surface area contributed by atoms with E-state index in [-0.39, 0.29) is 5.75 Å². The van der Waals surface area contributed by atoms with Crippen molar-refractivity contribution in [2.75, 3.05) is 13.1 Å². The molecule has 0 aromatic heterocycles. The Kier molecular flexibility index (Phi) is 5.08. The lowest BCUT2D eigenvalue weighted by molar-refractivity contribution is 0.0826. The number of rotatable bonds is 4. The monoisotopic (exact) mass is 349 g/mol. The van der Waals surface area contributed by atoms with Crippen LogP contribution in [-0.4, -0.2) is 28.9 Å². The van der Waals surface area contributed by atoms with Crippen molar-refractivity contribution in [2.45, 2.75) is 19.4 Å². The first-order valence-corrected chi connectivity index (χ1v) is 8.13. The summed E-state index contributed by atoms with van der Waals surface area (Å²) >= 11 is 0. The number of carbonyl (C=O) groups excluding carboxylic acids is 1. The number of Topliss-reactive ketones (excluding diaryl/α,β-unsaturated/α-hetero) is 1. The van der Waals surface area contributed by atoms with Crippen LogP contribution in [0.1, 0.15) is 28.8 Å². The van der Waals surface area contributed by atoms with Gasteiger partial charge in [0.1, 0.15) is 23.2 Å². The SMILES string of the molecule is O=C(c1c(F)cc(F)cc1F)C1CCN(Cc2cccc(O)c2)CC1. The van der Waals surface area contributed by atoms with E-state index in [1.165, 1.54) is 0 Å². The van der Waals surface area contributed by atoms with Crippen molar-refractivity contribution in [1.82, 2.24) is 4.90 Å². The van der Waals surface area contributed by atoms with E-state index in [1.54, 1.807) is 18.2 Å². The molecule has 0 atom stereocenters. The number of carbonyl (C=O) groups is 1. The molecule has 1 fully saturated rings.